The van der Waals surface area contributed by atoms with Gasteiger partial charge >= 0.3 is 0 Å². The molecule has 1 aromatic rings. The van der Waals surface area contributed by atoms with Gasteiger partial charge in [0.2, 0.25) is 5.91 Å². The lowest BCUT2D eigenvalue weighted by Gasteiger charge is -2.37. The summed E-state index contributed by atoms with van der Waals surface area (Å²) in [4.78, 5) is 17.6. The highest BCUT2D eigenvalue weighted by Crippen LogP contribution is 2.34. The number of carbonyl (C=O) groups excluding carboxylic acids is 1. The largest absolute Gasteiger partial charge is 0.465 e. The van der Waals surface area contributed by atoms with Gasteiger partial charge in [0, 0.05) is 37.8 Å². The second-order valence-electron chi connectivity index (χ2n) is 7.48. The first-order chi connectivity index (χ1) is 11.2. The molecule has 23 heavy (non-hydrogen) atoms. The standard InChI is InChI=1S/C19H26N2O2/c1-14-10-17-7-6-16(13-21(17)11-14)19(22)20-8-2-4-15(12-20)18-5-3-9-23-18/h3-5,9,14,16-17H,2,6-8,10-13H2,1H3. The van der Waals surface area contributed by atoms with Crippen LogP contribution in [0.1, 0.15) is 38.4 Å². The van der Waals surface area contributed by atoms with Crippen molar-refractivity contribution >= 4 is 11.5 Å². The molecule has 0 spiro atoms. The summed E-state index contributed by atoms with van der Waals surface area (Å²) in [6.07, 6.45) is 8.40. The van der Waals surface area contributed by atoms with Gasteiger partial charge in [-0.05, 0) is 43.7 Å². The second-order valence-corrected chi connectivity index (χ2v) is 7.48. The summed E-state index contributed by atoms with van der Waals surface area (Å²) >= 11 is 0. The van der Waals surface area contributed by atoms with Crippen molar-refractivity contribution in [3.63, 3.8) is 0 Å². The van der Waals surface area contributed by atoms with Gasteiger partial charge in [-0.3, -0.25) is 9.69 Å². The summed E-state index contributed by atoms with van der Waals surface area (Å²) in [6.45, 7) is 6.01. The Hall–Kier alpha value is -1.55. The van der Waals surface area contributed by atoms with Crippen molar-refractivity contribution in [3.8, 4) is 0 Å². The van der Waals surface area contributed by atoms with Crippen LogP contribution in [0, 0.1) is 11.8 Å². The van der Waals surface area contributed by atoms with Gasteiger partial charge in [0.05, 0.1) is 12.2 Å². The van der Waals surface area contributed by atoms with Gasteiger partial charge in [-0.2, -0.15) is 0 Å². The predicted octanol–water partition coefficient (Wildman–Crippen LogP) is 3.02. The van der Waals surface area contributed by atoms with Crippen LogP contribution in [-0.2, 0) is 4.79 Å². The van der Waals surface area contributed by atoms with E-state index in [1.54, 1.807) is 6.26 Å². The molecule has 3 aliphatic rings. The normalized spacial score (nSPS) is 31.8. The van der Waals surface area contributed by atoms with Gasteiger partial charge in [-0.15, -0.1) is 0 Å². The smallest absolute Gasteiger partial charge is 0.227 e. The highest BCUT2D eigenvalue weighted by atomic mass is 16.3. The first-order valence-electron chi connectivity index (χ1n) is 8.96. The van der Waals surface area contributed by atoms with E-state index in [0.717, 1.165) is 49.2 Å². The number of rotatable bonds is 2. The summed E-state index contributed by atoms with van der Waals surface area (Å²) < 4.78 is 5.50. The van der Waals surface area contributed by atoms with E-state index in [1.807, 2.05) is 17.0 Å². The Morgan fingerprint density at radius 3 is 3.04 bits per heavy atom. The van der Waals surface area contributed by atoms with Crippen molar-refractivity contribution in [2.75, 3.05) is 26.2 Å². The van der Waals surface area contributed by atoms with Crippen LogP contribution in [-0.4, -0.2) is 47.9 Å². The monoisotopic (exact) mass is 314 g/mol. The molecule has 4 rings (SSSR count). The van der Waals surface area contributed by atoms with Gasteiger partial charge in [0.1, 0.15) is 5.76 Å². The minimum atomic E-state index is 0.188. The number of piperidine rings is 1. The minimum Gasteiger partial charge on any atom is -0.465 e. The van der Waals surface area contributed by atoms with Crippen LogP contribution in [0.5, 0.6) is 0 Å². The summed E-state index contributed by atoms with van der Waals surface area (Å²) in [7, 11) is 0. The van der Waals surface area contributed by atoms with Crippen LogP contribution < -0.4 is 0 Å². The van der Waals surface area contributed by atoms with Gasteiger partial charge in [-0.25, -0.2) is 0 Å². The third-order valence-corrected chi connectivity index (χ3v) is 5.69. The molecule has 2 saturated heterocycles. The fraction of sp³-hybridized carbons (Fsp3) is 0.632. The molecule has 3 atom stereocenters. The molecule has 0 N–H and O–H groups in total. The Bertz CT molecular complexity index is 593. The molecule has 0 aromatic carbocycles. The fourth-order valence-corrected chi connectivity index (χ4v) is 4.56. The van der Waals surface area contributed by atoms with Crippen LogP contribution in [0.2, 0.25) is 0 Å². The number of nitrogens with zero attached hydrogens (tertiary/aromatic N) is 2. The van der Waals surface area contributed by atoms with E-state index in [9.17, 15) is 4.79 Å². The molecule has 4 nitrogen and oxygen atoms in total. The molecule has 2 fully saturated rings. The van der Waals surface area contributed by atoms with Gasteiger partial charge in [-0.1, -0.05) is 13.0 Å². The fourth-order valence-electron chi connectivity index (χ4n) is 4.56. The maximum absolute atomic E-state index is 13.0. The zero-order valence-corrected chi connectivity index (χ0v) is 13.9. The number of hydrogen-bond acceptors (Lipinski definition) is 3. The number of amides is 1. The van der Waals surface area contributed by atoms with E-state index in [4.69, 9.17) is 4.42 Å². The van der Waals surface area contributed by atoms with Gasteiger partial charge in [0.15, 0.2) is 0 Å². The molecule has 4 heteroatoms. The minimum absolute atomic E-state index is 0.188. The topological polar surface area (TPSA) is 36.7 Å². The van der Waals surface area contributed by atoms with Crippen molar-refractivity contribution in [1.29, 1.82) is 0 Å². The van der Waals surface area contributed by atoms with E-state index < -0.39 is 0 Å². The van der Waals surface area contributed by atoms with Crippen LogP contribution >= 0.6 is 0 Å². The predicted molar refractivity (Wildman–Crippen MR) is 89.7 cm³/mol. The summed E-state index contributed by atoms with van der Waals surface area (Å²) in [5, 5.41) is 0. The van der Waals surface area contributed by atoms with Crippen molar-refractivity contribution in [1.82, 2.24) is 9.80 Å². The molecular formula is C19H26N2O2. The van der Waals surface area contributed by atoms with Gasteiger partial charge in [0.25, 0.3) is 0 Å². The SMILES string of the molecule is CC1CC2CCC(C(=O)N3CCC=C(c4ccco4)C3)CN2C1. The first-order valence-corrected chi connectivity index (χ1v) is 8.96. The Kier molecular flexibility index (Phi) is 4.02. The van der Waals surface area contributed by atoms with E-state index in [-0.39, 0.29) is 5.92 Å². The zero-order valence-electron chi connectivity index (χ0n) is 13.9. The summed E-state index contributed by atoms with van der Waals surface area (Å²) in [5.41, 5.74) is 1.15. The molecule has 3 unspecified atom stereocenters. The van der Waals surface area contributed by atoms with Crippen LogP contribution in [0.4, 0.5) is 0 Å². The van der Waals surface area contributed by atoms with Crippen molar-refractivity contribution in [3.05, 3.63) is 30.2 Å². The number of carbonyl (C=O) groups is 1. The maximum atomic E-state index is 13.0. The van der Waals surface area contributed by atoms with Crippen molar-refractivity contribution < 1.29 is 9.21 Å². The van der Waals surface area contributed by atoms with E-state index in [0.29, 0.717) is 12.5 Å². The molecule has 4 heterocycles. The molecule has 124 valence electrons. The number of hydrogen-bond donors (Lipinski definition) is 0. The number of fused-ring (bicyclic) bond motifs is 1. The molecule has 0 aliphatic carbocycles. The zero-order chi connectivity index (χ0) is 15.8. The quantitative estimate of drug-likeness (QED) is 0.842. The van der Waals surface area contributed by atoms with E-state index in [2.05, 4.69) is 17.9 Å². The van der Waals surface area contributed by atoms with Gasteiger partial charge < -0.3 is 9.32 Å². The lowest BCUT2D eigenvalue weighted by molar-refractivity contribution is -0.137. The Morgan fingerprint density at radius 1 is 1.30 bits per heavy atom. The Balaban J connectivity index is 1.40. The maximum Gasteiger partial charge on any atom is 0.227 e. The van der Waals surface area contributed by atoms with Crippen LogP contribution in [0.3, 0.4) is 0 Å². The molecule has 3 aliphatic heterocycles. The number of furan rings is 1. The van der Waals surface area contributed by atoms with E-state index in [1.165, 1.54) is 19.4 Å². The average Bonchev–Trinajstić information content (AvgIpc) is 3.22. The van der Waals surface area contributed by atoms with Crippen molar-refractivity contribution in [2.45, 2.75) is 38.6 Å². The Morgan fingerprint density at radius 2 is 2.22 bits per heavy atom. The third-order valence-electron chi connectivity index (χ3n) is 5.69. The average molecular weight is 314 g/mol. The second kappa shape index (κ2) is 6.16. The molecule has 1 aromatic heterocycles. The molecule has 1 amide bonds. The molecule has 0 radical (unpaired) electrons. The molecular weight excluding hydrogens is 288 g/mol. The van der Waals surface area contributed by atoms with Crippen LogP contribution in [0.25, 0.3) is 5.57 Å². The van der Waals surface area contributed by atoms with Crippen LogP contribution in [0.15, 0.2) is 28.9 Å². The lowest BCUT2D eigenvalue weighted by Crippen LogP contribution is -2.47. The Labute approximate surface area is 138 Å². The molecule has 0 bridgehead atoms. The highest BCUT2D eigenvalue weighted by Gasteiger charge is 2.38. The third kappa shape index (κ3) is 2.97. The highest BCUT2D eigenvalue weighted by molar-refractivity contribution is 5.82. The summed E-state index contributed by atoms with van der Waals surface area (Å²) in [5.74, 6) is 2.23. The molecule has 0 saturated carbocycles. The van der Waals surface area contributed by atoms with Crippen molar-refractivity contribution in [2.24, 2.45) is 11.8 Å². The summed E-state index contributed by atoms with van der Waals surface area (Å²) in [6, 6.07) is 4.62. The van der Waals surface area contributed by atoms with E-state index >= 15 is 0 Å². The lowest BCUT2D eigenvalue weighted by atomic mass is 9.91. The first kappa shape index (κ1) is 15.0.